The number of ether oxygens (including phenoxy) is 1. The van der Waals surface area contributed by atoms with E-state index < -0.39 is 62.5 Å². The van der Waals surface area contributed by atoms with E-state index in [0.717, 1.165) is 43.0 Å². The molecule has 0 unspecified atom stereocenters. The van der Waals surface area contributed by atoms with Gasteiger partial charge in [-0.1, -0.05) is 63.9 Å². The second-order valence-electron chi connectivity index (χ2n) is 13.2. The van der Waals surface area contributed by atoms with Crippen LogP contribution in [0.25, 0.3) is 0 Å². The van der Waals surface area contributed by atoms with Crippen molar-refractivity contribution in [2.24, 2.45) is 5.73 Å². The lowest BCUT2D eigenvalue weighted by molar-refractivity contribution is -0.151. The Morgan fingerprint density at radius 2 is 1.60 bits per heavy atom. The predicted octanol–water partition coefficient (Wildman–Crippen LogP) is 5.48. The summed E-state index contributed by atoms with van der Waals surface area (Å²) in [6.07, 6.45) is 3.37. The van der Waals surface area contributed by atoms with E-state index in [1.807, 2.05) is 32.0 Å². The lowest BCUT2D eigenvalue weighted by atomic mass is 9.98. The van der Waals surface area contributed by atoms with Crippen molar-refractivity contribution < 1.29 is 36.6 Å². The van der Waals surface area contributed by atoms with E-state index in [1.54, 1.807) is 0 Å². The average molecular weight is 714 g/mol. The van der Waals surface area contributed by atoms with Crippen LogP contribution >= 0.6 is 0 Å². The Labute approximate surface area is 293 Å². The van der Waals surface area contributed by atoms with Crippen molar-refractivity contribution in [2.45, 2.75) is 101 Å². The van der Waals surface area contributed by atoms with E-state index in [1.165, 1.54) is 29.8 Å². The third-order valence-corrected chi connectivity index (χ3v) is 11.5. The summed E-state index contributed by atoms with van der Waals surface area (Å²) in [6.45, 7) is 5.87. The lowest BCUT2D eigenvalue weighted by Gasteiger charge is -2.30. The first-order chi connectivity index (χ1) is 23.8. The van der Waals surface area contributed by atoms with Gasteiger partial charge >= 0.3 is 5.97 Å². The molecule has 4 rings (SSSR count). The zero-order valence-corrected chi connectivity index (χ0v) is 29.8. The number of esters is 1. The Balaban J connectivity index is 1.63. The summed E-state index contributed by atoms with van der Waals surface area (Å²) in [5.74, 6) is -4.23. The van der Waals surface area contributed by atoms with Gasteiger partial charge in [0.05, 0.1) is 11.0 Å². The first-order valence-electron chi connectivity index (χ1n) is 17.4. The summed E-state index contributed by atoms with van der Waals surface area (Å²) in [5, 5.41) is 15.2. The molecular formula is C38H49F2N3O6S. The molecule has 5 N–H and O–H groups in total. The Morgan fingerprint density at radius 3 is 2.20 bits per heavy atom. The molecule has 272 valence electrons. The van der Waals surface area contributed by atoms with Crippen LogP contribution in [0.1, 0.15) is 86.3 Å². The van der Waals surface area contributed by atoms with Gasteiger partial charge in [-0.25, -0.2) is 22.0 Å². The summed E-state index contributed by atoms with van der Waals surface area (Å²) in [4.78, 5) is 27.3. The molecule has 0 aliphatic heterocycles. The van der Waals surface area contributed by atoms with Crippen molar-refractivity contribution in [1.82, 2.24) is 10.6 Å². The van der Waals surface area contributed by atoms with Gasteiger partial charge in [0.25, 0.3) is 5.91 Å². The van der Waals surface area contributed by atoms with Crippen LogP contribution in [0.2, 0.25) is 0 Å². The number of phenolic OH excluding ortho intramolecular Hbond substituents is 1. The summed E-state index contributed by atoms with van der Waals surface area (Å²) < 4.78 is 61.5. The number of benzene rings is 3. The number of nitrogens with one attached hydrogen (secondary N) is 2. The molecule has 0 radical (unpaired) electrons. The first kappa shape index (κ1) is 38.9. The predicted molar refractivity (Wildman–Crippen MR) is 189 cm³/mol. The molecule has 0 spiro atoms. The number of carbonyl (C=O) groups is 2. The SMILES string of the molecule is CCCC(CCC)S(=O)(=O)C[C@@H](NC(=O)c1cccc(O)c1)C(=O)O[C@H](CNC1(c2cccc(CC)c2)CC1)[C@@H](N)Cc1cc(F)cc(F)c1. The standard InChI is InChI=1S/C38H49F2N3O6S/c1-4-9-32(10-5-2)50(47,48)24-34(43-36(45)27-12-8-14-31(44)21-27)37(46)49-35(33(41)20-26-18-29(39)22-30(40)19-26)23-42-38(15-16-38)28-13-7-11-25(6-3)17-28/h7-8,11-14,17-19,21-22,32-35,42,44H,4-6,9-10,15-16,20,23-24,41H2,1-3H3,(H,43,45)/t33-,34+,35+/m0/s1. The van der Waals surface area contributed by atoms with Crippen molar-refractivity contribution >= 4 is 21.7 Å². The van der Waals surface area contributed by atoms with E-state index >= 15 is 0 Å². The molecule has 1 fully saturated rings. The number of aryl methyl sites for hydroxylation is 1. The van der Waals surface area contributed by atoms with Crippen molar-refractivity contribution in [3.05, 3.63) is 101 Å². The summed E-state index contributed by atoms with van der Waals surface area (Å²) >= 11 is 0. The van der Waals surface area contributed by atoms with Gasteiger partial charge in [0, 0.05) is 29.8 Å². The monoisotopic (exact) mass is 713 g/mol. The molecule has 0 aromatic heterocycles. The highest BCUT2D eigenvalue weighted by Gasteiger charge is 2.45. The van der Waals surface area contributed by atoms with Crippen LogP contribution in [0.3, 0.4) is 0 Å². The second kappa shape index (κ2) is 17.4. The maximum Gasteiger partial charge on any atom is 0.330 e. The van der Waals surface area contributed by atoms with Gasteiger partial charge in [-0.2, -0.15) is 0 Å². The largest absolute Gasteiger partial charge is 0.508 e. The van der Waals surface area contributed by atoms with Crippen LogP contribution in [0.4, 0.5) is 8.78 Å². The third kappa shape index (κ3) is 10.6. The van der Waals surface area contributed by atoms with Crippen LogP contribution in [0.15, 0.2) is 66.7 Å². The topological polar surface area (TPSA) is 148 Å². The number of halogens is 2. The highest BCUT2D eigenvalue weighted by atomic mass is 32.2. The molecule has 0 saturated heterocycles. The van der Waals surface area contributed by atoms with E-state index in [0.29, 0.717) is 25.7 Å². The minimum atomic E-state index is -3.90. The van der Waals surface area contributed by atoms with Gasteiger partial charge in [-0.15, -0.1) is 0 Å². The number of hydrogen-bond acceptors (Lipinski definition) is 8. The number of hydrogen-bond donors (Lipinski definition) is 4. The van der Waals surface area contributed by atoms with Crippen molar-refractivity contribution in [3.63, 3.8) is 0 Å². The number of amides is 1. The van der Waals surface area contributed by atoms with Gasteiger partial charge < -0.3 is 26.2 Å². The zero-order chi connectivity index (χ0) is 36.5. The maximum absolute atomic E-state index is 14.1. The van der Waals surface area contributed by atoms with E-state index in [9.17, 15) is 31.9 Å². The van der Waals surface area contributed by atoms with Gasteiger partial charge in [0.15, 0.2) is 9.84 Å². The van der Waals surface area contributed by atoms with Crippen molar-refractivity contribution in [3.8, 4) is 5.75 Å². The van der Waals surface area contributed by atoms with Crippen LogP contribution in [0.5, 0.6) is 5.75 Å². The average Bonchev–Trinajstić information content (AvgIpc) is 3.86. The number of nitrogens with two attached hydrogens (primary N) is 1. The van der Waals surface area contributed by atoms with Crippen LogP contribution < -0.4 is 16.4 Å². The summed E-state index contributed by atoms with van der Waals surface area (Å²) in [6, 6.07) is 14.1. The van der Waals surface area contributed by atoms with E-state index in [2.05, 4.69) is 23.6 Å². The highest BCUT2D eigenvalue weighted by molar-refractivity contribution is 7.92. The molecule has 3 aromatic carbocycles. The second-order valence-corrected chi connectivity index (χ2v) is 15.6. The highest BCUT2D eigenvalue weighted by Crippen LogP contribution is 2.45. The van der Waals surface area contributed by atoms with Crippen LogP contribution in [-0.4, -0.2) is 61.1 Å². The first-order valence-corrected chi connectivity index (χ1v) is 19.1. The van der Waals surface area contributed by atoms with Crippen LogP contribution in [-0.2, 0) is 37.7 Å². The fourth-order valence-corrected chi connectivity index (χ4v) is 8.44. The smallest absolute Gasteiger partial charge is 0.330 e. The fraction of sp³-hybridized carbons (Fsp3) is 0.474. The fourth-order valence-electron chi connectivity index (χ4n) is 6.29. The molecule has 1 aliphatic carbocycles. The van der Waals surface area contributed by atoms with E-state index in [-0.39, 0.29) is 35.4 Å². The van der Waals surface area contributed by atoms with Gasteiger partial charge in [-0.3, -0.25) is 4.79 Å². The van der Waals surface area contributed by atoms with Crippen molar-refractivity contribution in [1.29, 1.82) is 0 Å². The Morgan fingerprint density at radius 1 is 0.940 bits per heavy atom. The molecule has 1 amide bonds. The molecular weight excluding hydrogens is 664 g/mol. The molecule has 3 aromatic rings. The van der Waals surface area contributed by atoms with Gasteiger partial charge in [-0.05, 0) is 85.5 Å². The molecule has 1 saturated carbocycles. The Bertz CT molecular complexity index is 1710. The van der Waals surface area contributed by atoms with Crippen LogP contribution in [0, 0.1) is 11.6 Å². The molecule has 3 atom stereocenters. The van der Waals surface area contributed by atoms with Gasteiger partial charge in [0.1, 0.15) is 29.5 Å². The van der Waals surface area contributed by atoms with E-state index in [4.69, 9.17) is 10.5 Å². The summed E-state index contributed by atoms with van der Waals surface area (Å²) in [5.41, 5.74) is 8.73. The number of carbonyl (C=O) groups excluding carboxylic acids is 2. The lowest BCUT2D eigenvalue weighted by Crippen LogP contribution is -2.53. The summed E-state index contributed by atoms with van der Waals surface area (Å²) in [7, 11) is -3.90. The molecule has 12 heteroatoms. The van der Waals surface area contributed by atoms with Crippen molar-refractivity contribution in [2.75, 3.05) is 12.3 Å². The maximum atomic E-state index is 14.1. The number of sulfone groups is 1. The third-order valence-electron chi connectivity index (χ3n) is 9.24. The Kier molecular flexibility index (Phi) is 13.5. The normalized spacial score (nSPS) is 15.7. The minimum absolute atomic E-state index is 0.0203. The number of aromatic hydroxyl groups is 1. The molecule has 1 aliphatic rings. The Hall–Kier alpha value is -3.87. The number of phenols is 1. The molecule has 50 heavy (non-hydrogen) atoms. The minimum Gasteiger partial charge on any atom is -0.508 e. The number of rotatable bonds is 19. The molecule has 0 heterocycles. The zero-order valence-electron chi connectivity index (χ0n) is 29.0. The quantitative estimate of drug-likeness (QED) is 0.120. The van der Waals surface area contributed by atoms with Gasteiger partial charge in [0.2, 0.25) is 0 Å². The molecule has 0 bridgehead atoms. The molecule has 9 nitrogen and oxygen atoms in total.